The van der Waals surface area contributed by atoms with Gasteiger partial charge in [-0.3, -0.25) is 9.59 Å². The molecule has 0 saturated carbocycles. The van der Waals surface area contributed by atoms with E-state index >= 15 is 0 Å². The van der Waals surface area contributed by atoms with Crippen molar-refractivity contribution in [3.8, 4) is 0 Å². The summed E-state index contributed by atoms with van der Waals surface area (Å²) in [5.41, 5.74) is 0.941. The molecule has 0 aliphatic carbocycles. The highest BCUT2D eigenvalue weighted by Gasteiger charge is 2.26. The lowest BCUT2D eigenvalue weighted by atomic mass is 10.0. The van der Waals surface area contributed by atoms with Crippen molar-refractivity contribution in [3.63, 3.8) is 0 Å². The summed E-state index contributed by atoms with van der Waals surface area (Å²) in [6.07, 6.45) is 0. The van der Waals surface area contributed by atoms with Crippen LogP contribution in [0.25, 0.3) is 0 Å². The number of rotatable bonds is 7. The quantitative estimate of drug-likeness (QED) is 0.805. The molecule has 0 aliphatic heterocycles. The van der Waals surface area contributed by atoms with E-state index in [0.29, 0.717) is 0 Å². The summed E-state index contributed by atoms with van der Waals surface area (Å²) in [6.45, 7) is 9.33. The van der Waals surface area contributed by atoms with Crippen molar-refractivity contribution in [1.82, 2.24) is 10.6 Å². The molecular weight excluding hydrogens is 284 g/mol. The number of carbonyl (C=O) groups is 2. The van der Waals surface area contributed by atoms with Gasteiger partial charge in [0.05, 0.1) is 6.04 Å². The van der Waals surface area contributed by atoms with E-state index in [1.165, 1.54) is 7.11 Å². The number of hydrogen-bond donors (Lipinski definition) is 2. The molecule has 0 spiro atoms. The molecule has 1 aromatic heterocycles. The zero-order valence-corrected chi connectivity index (χ0v) is 14.1. The van der Waals surface area contributed by atoms with Crippen LogP contribution in [0.5, 0.6) is 0 Å². The molecule has 1 rings (SSSR count). The van der Waals surface area contributed by atoms with Crippen molar-refractivity contribution in [1.29, 1.82) is 0 Å². The number of hydrogen-bond acceptors (Lipinski definition) is 4. The summed E-state index contributed by atoms with van der Waals surface area (Å²) in [6, 6.07) is 1.12. The molecule has 0 unspecified atom stereocenters. The van der Waals surface area contributed by atoms with Gasteiger partial charge in [0, 0.05) is 12.7 Å². The number of amides is 2. The second-order valence-corrected chi connectivity index (χ2v) is 5.82. The largest absolute Gasteiger partial charge is 0.466 e. The van der Waals surface area contributed by atoms with Gasteiger partial charge in [0.15, 0.2) is 0 Å². The average molecular weight is 310 g/mol. The van der Waals surface area contributed by atoms with E-state index in [1.54, 1.807) is 0 Å². The smallest absolute Gasteiger partial charge is 0.246 e. The van der Waals surface area contributed by atoms with Gasteiger partial charge in [-0.05, 0) is 32.8 Å². The highest BCUT2D eigenvalue weighted by Crippen LogP contribution is 2.21. The van der Waals surface area contributed by atoms with Gasteiger partial charge in [-0.15, -0.1) is 0 Å². The first-order chi connectivity index (χ1) is 10.3. The molecule has 1 heterocycles. The average Bonchev–Trinajstić information content (AvgIpc) is 2.74. The molecular formula is C16H26N2O4. The topological polar surface area (TPSA) is 80.6 Å². The summed E-state index contributed by atoms with van der Waals surface area (Å²) in [5.74, 6) is 1.04. The van der Waals surface area contributed by atoms with Crippen molar-refractivity contribution >= 4 is 11.8 Å². The van der Waals surface area contributed by atoms with Gasteiger partial charge in [0.2, 0.25) is 11.8 Å². The Hall–Kier alpha value is -1.82. The SMILES string of the molecule is COCC(=O)N[C@H](C(=O)N[C@H](C)c1cc(C)oc1C)C(C)C. The van der Waals surface area contributed by atoms with E-state index in [-0.39, 0.29) is 30.4 Å². The predicted molar refractivity (Wildman–Crippen MR) is 83.4 cm³/mol. The van der Waals surface area contributed by atoms with E-state index in [2.05, 4.69) is 10.6 Å². The van der Waals surface area contributed by atoms with Crippen LogP contribution in [0.2, 0.25) is 0 Å². The lowest BCUT2D eigenvalue weighted by Crippen LogP contribution is -2.51. The van der Waals surface area contributed by atoms with E-state index in [4.69, 9.17) is 9.15 Å². The predicted octanol–water partition coefficient (Wildman–Crippen LogP) is 1.86. The number of aryl methyl sites for hydroxylation is 2. The normalized spacial score (nSPS) is 13.8. The first kappa shape index (κ1) is 18.2. The Morgan fingerprint density at radius 3 is 2.32 bits per heavy atom. The fourth-order valence-corrected chi connectivity index (χ4v) is 2.34. The van der Waals surface area contributed by atoms with Gasteiger partial charge in [-0.1, -0.05) is 13.8 Å². The highest BCUT2D eigenvalue weighted by atomic mass is 16.5. The maximum absolute atomic E-state index is 12.4. The monoisotopic (exact) mass is 310 g/mol. The van der Waals surface area contributed by atoms with Crippen molar-refractivity contribution in [2.45, 2.75) is 46.7 Å². The number of ether oxygens (including phenoxy) is 1. The van der Waals surface area contributed by atoms with E-state index < -0.39 is 6.04 Å². The summed E-state index contributed by atoms with van der Waals surface area (Å²) < 4.78 is 10.3. The minimum Gasteiger partial charge on any atom is -0.466 e. The molecule has 2 N–H and O–H groups in total. The summed E-state index contributed by atoms with van der Waals surface area (Å²) >= 11 is 0. The van der Waals surface area contributed by atoms with Gasteiger partial charge in [-0.2, -0.15) is 0 Å². The van der Waals surface area contributed by atoms with Gasteiger partial charge in [0.1, 0.15) is 24.2 Å². The Morgan fingerprint density at radius 2 is 1.86 bits per heavy atom. The number of nitrogens with one attached hydrogen (secondary N) is 2. The van der Waals surface area contributed by atoms with Gasteiger partial charge >= 0.3 is 0 Å². The zero-order chi connectivity index (χ0) is 16.9. The van der Waals surface area contributed by atoms with Crippen LogP contribution < -0.4 is 10.6 Å². The highest BCUT2D eigenvalue weighted by molar-refractivity contribution is 5.88. The third-order valence-corrected chi connectivity index (χ3v) is 3.45. The van der Waals surface area contributed by atoms with Crippen LogP contribution in [0.1, 0.15) is 43.9 Å². The molecule has 0 bridgehead atoms. The van der Waals surface area contributed by atoms with Gasteiger partial charge < -0.3 is 19.8 Å². The molecule has 6 nitrogen and oxygen atoms in total. The third-order valence-electron chi connectivity index (χ3n) is 3.45. The Bertz CT molecular complexity index is 522. The molecule has 2 amide bonds. The molecule has 1 aromatic rings. The minimum absolute atomic E-state index is 0.0276. The molecule has 22 heavy (non-hydrogen) atoms. The first-order valence-electron chi connectivity index (χ1n) is 7.41. The summed E-state index contributed by atoms with van der Waals surface area (Å²) in [4.78, 5) is 24.1. The zero-order valence-electron chi connectivity index (χ0n) is 14.1. The molecule has 6 heteroatoms. The maximum atomic E-state index is 12.4. The summed E-state index contributed by atoms with van der Waals surface area (Å²) in [7, 11) is 1.44. The Labute approximate surface area is 131 Å². The summed E-state index contributed by atoms with van der Waals surface area (Å²) in [5, 5.41) is 5.62. The maximum Gasteiger partial charge on any atom is 0.246 e. The van der Waals surface area contributed by atoms with Crippen molar-refractivity contribution in [3.05, 3.63) is 23.2 Å². The Kier molecular flexibility index (Phi) is 6.61. The fraction of sp³-hybridized carbons (Fsp3) is 0.625. The molecule has 0 radical (unpaired) electrons. The Morgan fingerprint density at radius 1 is 1.23 bits per heavy atom. The lowest BCUT2D eigenvalue weighted by Gasteiger charge is -2.24. The second-order valence-electron chi connectivity index (χ2n) is 5.82. The molecule has 2 atom stereocenters. The number of furan rings is 1. The van der Waals surface area contributed by atoms with Crippen molar-refractivity contribution < 1.29 is 18.7 Å². The van der Waals surface area contributed by atoms with Gasteiger partial charge in [-0.25, -0.2) is 0 Å². The van der Waals surface area contributed by atoms with Crippen LogP contribution in [0.3, 0.4) is 0 Å². The van der Waals surface area contributed by atoms with Crippen LogP contribution in [0.4, 0.5) is 0 Å². The van der Waals surface area contributed by atoms with Crippen LogP contribution in [-0.2, 0) is 14.3 Å². The fourth-order valence-electron chi connectivity index (χ4n) is 2.34. The molecule has 0 fully saturated rings. The number of carbonyl (C=O) groups excluding carboxylic acids is 2. The number of methoxy groups -OCH3 is 1. The van der Waals surface area contributed by atoms with Crippen LogP contribution >= 0.6 is 0 Å². The van der Waals surface area contributed by atoms with E-state index in [9.17, 15) is 9.59 Å². The third kappa shape index (κ3) is 4.87. The molecule has 124 valence electrons. The Balaban J connectivity index is 2.74. The molecule has 0 aliphatic rings. The van der Waals surface area contributed by atoms with Crippen molar-refractivity contribution in [2.24, 2.45) is 5.92 Å². The first-order valence-corrected chi connectivity index (χ1v) is 7.41. The van der Waals surface area contributed by atoms with Crippen LogP contribution in [0.15, 0.2) is 10.5 Å². The second kappa shape index (κ2) is 7.98. The van der Waals surface area contributed by atoms with E-state index in [0.717, 1.165) is 17.1 Å². The van der Waals surface area contributed by atoms with Crippen molar-refractivity contribution in [2.75, 3.05) is 13.7 Å². The minimum atomic E-state index is -0.599. The lowest BCUT2D eigenvalue weighted by molar-refractivity contribution is -0.132. The van der Waals surface area contributed by atoms with E-state index in [1.807, 2.05) is 40.7 Å². The molecule has 0 saturated heterocycles. The van der Waals surface area contributed by atoms with Crippen LogP contribution in [0, 0.1) is 19.8 Å². The van der Waals surface area contributed by atoms with Crippen LogP contribution in [-0.4, -0.2) is 31.6 Å². The standard InChI is InChI=1S/C16H26N2O4/c1-9(2)15(18-14(19)8-21-6)16(20)17-11(4)13-7-10(3)22-12(13)5/h7,9,11,15H,8H2,1-6H3,(H,17,20)(H,18,19)/t11-,15+/m1/s1. The molecule has 0 aromatic carbocycles. The van der Waals surface area contributed by atoms with Gasteiger partial charge in [0.25, 0.3) is 0 Å².